The average molecular weight is 338 g/mol. The minimum atomic E-state index is -4.50. The van der Waals surface area contributed by atoms with Gasteiger partial charge in [0.05, 0.1) is 4.88 Å². The molecule has 2 N–H and O–H groups in total. The van der Waals surface area contributed by atoms with Crippen molar-refractivity contribution < 1.29 is 13.2 Å². The molecule has 0 aliphatic carbocycles. The molecule has 0 saturated carbocycles. The first-order valence-corrected chi connectivity index (χ1v) is 6.42. The monoisotopic (exact) mass is 337 g/mol. The van der Waals surface area contributed by atoms with Crippen molar-refractivity contribution in [3.63, 3.8) is 0 Å². The molecule has 0 unspecified atom stereocenters. The van der Waals surface area contributed by atoms with Crippen molar-refractivity contribution in [2.24, 2.45) is 5.73 Å². The van der Waals surface area contributed by atoms with Gasteiger partial charge in [0.25, 0.3) is 0 Å². The molecule has 0 atom stereocenters. The van der Waals surface area contributed by atoms with Gasteiger partial charge in [0.1, 0.15) is 10.7 Å². The van der Waals surface area contributed by atoms with Gasteiger partial charge in [0, 0.05) is 17.2 Å². The third-order valence-corrected chi connectivity index (χ3v) is 3.84. The molecule has 2 aromatic heterocycles. The van der Waals surface area contributed by atoms with Crippen LogP contribution in [0.3, 0.4) is 0 Å². The van der Waals surface area contributed by atoms with Crippen molar-refractivity contribution in [3.8, 4) is 10.7 Å². The molecule has 0 saturated heterocycles. The second kappa shape index (κ2) is 4.94. The molecule has 0 aliphatic heterocycles. The number of aromatic nitrogens is 2. The first-order valence-electron chi connectivity index (χ1n) is 4.81. The zero-order valence-electron chi connectivity index (χ0n) is 8.83. The predicted molar refractivity (Wildman–Crippen MR) is 65.9 cm³/mol. The van der Waals surface area contributed by atoms with Crippen molar-refractivity contribution >= 4 is 27.3 Å². The molecule has 0 amide bonds. The van der Waals surface area contributed by atoms with Crippen LogP contribution in [0.15, 0.2) is 22.8 Å². The Labute approximate surface area is 113 Å². The number of pyridine rings is 1. The third kappa shape index (κ3) is 2.55. The lowest BCUT2D eigenvalue weighted by molar-refractivity contribution is -0.141. The van der Waals surface area contributed by atoms with Gasteiger partial charge < -0.3 is 5.73 Å². The molecule has 0 fully saturated rings. The van der Waals surface area contributed by atoms with E-state index in [4.69, 9.17) is 5.73 Å². The van der Waals surface area contributed by atoms with Crippen LogP contribution >= 0.6 is 27.3 Å². The molecule has 2 heterocycles. The maximum Gasteiger partial charge on any atom is 0.434 e. The topological polar surface area (TPSA) is 51.8 Å². The summed E-state index contributed by atoms with van der Waals surface area (Å²) in [5.41, 5.74) is 4.77. The quantitative estimate of drug-likeness (QED) is 0.913. The summed E-state index contributed by atoms with van der Waals surface area (Å²) >= 11 is 4.14. The van der Waals surface area contributed by atoms with E-state index in [1.54, 1.807) is 12.1 Å². The molecule has 96 valence electrons. The normalized spacial score (nSPS) is 11.8. The number of thiazole rings is 1. The van der Waals surface area contributed by atoms with Crippen LogP contribution in [0.2, 0.25) is 0 Å². The number of halogens is 4. The van der Waals surface area contributed by atoms with Crippen LogP contribution in [0, 0.1) is 0 Å². The lowest BCUT2D eigenvalue weighted by Gasteiger charge is -2.03. The van der Waals surface area contributed by atoms with Crippen molar-refractivity contribution in [2.75, 3.05) is 0 Å². The molecule has 0 aliphatic rings. The summed E-state index contributed by atoms with van der Waals surface area (Å²) in [6.45, 7) is -0.197. The molecule has 0 spiro atoms. The predicted octanol–water partition coefficient (Wildman–Crippen LogP) is 3.45. The lowest BCUT2D eigenvalue weighted by atomic mass is 10.3. The molecule has 3 nitrogen and oxygen atoms in total. The fraction of sp³-hybridized carbons (Fsp3) is 0.200. The molecule has 0 aromatic carbocycles. The van der Waals surface area contributed by atoms with E-state index in [2.05, 4.69) is 25.9 Å². The van der Waals surface area contributed by atoms with Crippen LogP contribution in [0.5, 0.6) is 0 Å². The van der Waals surface area contributed by atoms with Gasteiger partial charge >= 0.3 is 6.18 Å². The minimum Gasteiger partial charge on any atom is -0.326 e. The number of hydrogen-bond acceptors (Lipinski definition) is 4. The summed E-state index contributed by atoms with van der Waals surface area (Å²) in [4.78, 5) is 7.63. The number of nitrogens with zero attached hydrogens (tertiary/aromatic N) is 2. The highest BCUT2D eigenvalue weighted by atomic mass is 79.9. The Hall–Kier alpha value is -0.990. The minimum absolute atomic E-state index is 0.00931. The Morgan fingerprint density at radius 1 is 1.39 bits per heavy atom. The van der Waals surface area contributed by atoms with E-state index < -0.39 is 11.9 Å². The van der Waals surface area contributed by atoms with Gasteiger partial charge in [0.15, 0.2) is 5.69 Å². The summed E-state index contributed by atoms with van der Waals surface area (Å²) in [7, 11) is 0. The highest BCUT2D eigenvalue weighted by Crippen LogP contribution is 2.38. The van der Waals surface area contributed by atoms with Crippen LogP contribution in [0.25, 0.3) is 10.7 Å². The van der Waals surface area contributed by atoms with E-state index in [0.717, 1.165) is 11.3 Å². The summed E-state index contributed by atoms with van der Waals surface area (Å²) in [5.74, 6) is 0. The SMILES string of the molecule is NCc1sc(-c2ncccc2Br)nc1C(F)(F)F. The Morgan fingerprint density at radius 2 is 2.11 bits per heavy atom. The van der Waals surface area contributed by atoms with Gasteiger partial charge in [-0.1, -0.05) is 0 Å². The second-order valence-electron chi connectivity index (χ2n) is 3.33. The summed E-state index contributed by atoms with van der Waals surface area (Å²) in [6.07, 6.45) is -3.00. The number of rotatable bonds is 2. The zero-order chi connectivity index (χ0) is 13.3. The van der Waals surface area contributed by atoms with E-state index in [9.17, 15) is 13.2 Å². The second-order valence-corrected chi connectivity index (χ2v) is 5.26. The van der Waals surface area contributed by atoms with E-state index >= 15 is 0 Å². The summed E-state index contributed by atoms with van der Waals surface area (Å²) in [5, 5.41) is 0.204. The van der Waals surface area contributed by atoms with Crippen molar-refractivity contribution in [1.82, 2.24) is 9.97 Å². The van der Waals surface area contributed by atoms with Crippen LogP contribution < -0.4 is 5.73 Å². The van der Waals surface area contributed by atoms with Crippen LogP contribution in [-0.4, -0.2) is 9.97 Å². The van der Waals surface area contributed by atoms with Gasteiger partial charge in [-0.25, -0.2) is 4.98 Å². The zero-order valence-corrected chi connectivity index (χ0v) is 11.2. The van der Waals surface area contributed by atoms with Gasteiger partial charge in [-0.05, 0) is 28.1 Å². The Bertz CT molecular complexity index is 568. The maximum atomic E-state index is 12.7. The molecular formula is C10H7BrF3N3S. The van der Waals surface area contributed by atoms with E-state index in [1.165, 1.54) is 6.20 Å². The van der Waals surface area contributed by atoms with E-state index in [1.807, 2.05) is 0 Å². The van der Waals surface area contributed by atoms with E-state index in [0.29, 0.717) is 10.2 Å². The highest BCUT2D eigenvalue weighted by Gasteiger charge is 2.37. The Kier molecular flexibility index (Phi) is 3.69. The van der Waals surface area contributed by atoms with E-state index in [-0.39, 0.29) is 16.4 Å². The van der Waals surface area contributed by atoms with Gasteiger partial charge in [0.2, 0.25) is 0 Å². The first-order chi connectivity index (χ1) is 8.43. The third-order valence-electron chi connectivity index (χ3n) is 2.11. The summed E-state index contributed by atoms with van der Waals surface area (Å²) < 4.78 is 38.8. The molecule has 2 aromatic rings. The van der Waals surface area contributed by atoms with Crippen molar-refractivity contribution in [2.45, 2.75) is 12.7 Å². The Balaban J connectivity index is 2.55. The molecule has 8 heteroatoms. The molecule has 0 radical (unpaired) electrons. The maximum absolute atomic E-state index is 12.7. The molecule has 18 heavy (non-hydrogen) atoms. The largest absolute Gasteiger partial charge is 0.434 e. The van der Waals surface area contributed by atoms with Crippen molar-refractivity contribution in [3.05, 3.63) is 33.4 Å². The van der Waals surface area contributed by atoms with Crippen LogP contribution in [-0.2, 0) is 12.7 Å². The lowest BCUT2D eigenvalue weighted by Crippen LogP contribution is -2.10. The standard InChI is InChI=1S/C10H7BrF3N3S/c11-5-2-1-3-16-7(5)9-17-8(10(12,13)14)6(4-15)18-9/h1-3H,4,15H2. The van der Waals surface area contributed by atoms with Gasteiger partial charge in [-0.3, -0.25) is 4.98 Å². The number of hydrogen-bond donors (Lipinski definition) is 1. The first kappa shape index (κ1) is 13.4. The fourth-order valence-corrected chi connectivity index (χ4v) is 2.90. The molecule has 2 rings (SSSR count). The van der Waals surface area contributed by atoms with Crippen molar-refractivity contribution in [1.29, 1.82) is 0 Å². The average Bonchev–Trinajstić information content (AvgIpc) is 2.73. The van der Waals surface area contributed by atoms with Gasteiger partial charge in [-0.15, -0.1) is 11.3 Å². The molecular weight excluding hydrogens is 331 g/mol. The Morgan fingerprint density at radius 3 is 2.61 bits per heavy atom. The smallest absolute Gasteiger partial charge is 0.326 e. The fourth-order valence-electron chi connectivity index (χ4n) is 1.36. The van der Waals surface area contributed by atoms with Gasteiger partial charge in [-0.2, -0.15) is 13.2 Å². The number of nitrogens with two attached hydrogens (primary N) is 1. The highest BCUT2D eigenvalue weighted by molar-refractivity contribution is 9.10. The van der Waals surface area contributed by atoms with Crippen LogP contribution in [0.1, 0.15) is 10.6 Å². The molecule has 0 bridgehead atoms. The summed E-state index contributed by atoms with van der Waals surface area (Å²) in [6, 6.07) is 3.37. The number of alkyl halides is 3. The van der Waals surface area contributed by atoms with Crippen LogP contribution in [0.4, 0.5) is 13.2 Å².